The first-order valence-electron chi connectivity index (χ1n) is 7.19. The van der Waals surface area contributed by atoms with Gasteiger partial charge in [-0.25, -0.2) is 4.39 Å². The minimum absolute atomic E-state index is 0.129. The van der Waals surface area contributed by atoms with Crippen molar-refractivity contribution >= 4 is 0 Å². The maximum atomic E-state index is 14.2. The van der Waals surface area contributed by atoms with Crippen LogP contribution in [-0.4, -0.2) is 41.7 Å². The van der Waals surface area contributed by atoms with E-state index in [0.717, 1.165) is 12.2 Å². The fourth-order valence-corrected chi connectivity index (χ4v) is 2.58. The molecule has 2 aromatic rings. The van der Waals surface area contributed by atoms with Gasteiger partial charge in [-0.15, -0.1) is 0 Å². The van der Waals surface area contributed by atoms with Gasteiger partial charge in [0.25, 0.3) is 0 Å². The molecule has 0 saturated carbocycles. The molecule has 1 atom stereocenters. The first-order valence-corrected chi connectivity index (χ1v) is 7.19. The van der Waals surface area contributed by atoms with Gasteiger partial charge in [-0.2, -0.15) is 0 Å². The van der Waals surface area contributed by atoms with Crippen molar-refractivity contribution in [2.75, 3.05) is 26.8 Å². The lowest BCUT2D eigenvalue weighted by Crippen LogP contribution is -2.38. The summed E-state index contributed by atoms with van der Waals surface area (Å²) in [6.07, 6.45) is 4.87. The van der Waals surface area contributed by atoms with Gasteiger partial charge < -0.3 is 9.47 Å². The summed E-state index contributed by atoms with van der Waals surface area (Å²) in [7, 11) is 1.47. The third-order valence-electron chi connectivity index (χ3n) is 3.72. The summed E-state index contributed by atoms with van der Waals surface area (Å²) >= 11 is 0. The van der Waals surface area contributed by atoms with E-state index in [9.17, 15) is 4.39 Å². The molecule has 0 N–H and O–H groups in total. The SMILES string of the molecule is COc1cccc(CN2CCO[C@H](c3cnccn3)C2)c1F. The van der Waals surface area contributed by atoms with Crippen molar-refractivity contribution in [2.45, 2.75) is 12.6 Å². The number of nitrogens with zero attached hydrogens (tertiary/aromatic N) is 3. The Bertz CT molecular complexity index is 624. The molecule has 0 radical (unpaired) electrons. The number of halogens is 1. The molecule has 1 aromatic heterocycles. The van der Waals surface area contributed by atoms with Crippen molar-refractivity contribution in [3.63, 3.8) is 0 Å². The van der Waals surface area contributed by atoms with Crippen LogP contribution in [-0.2, 0) is 11.3 Å². The smallest absolute Gasteiger partial charge is 0.169 e. The normalized spacial score (nSPS) is 19.1. The first-order chi connectivity index (χ1) is 10.8. The fraction of sp³-hybridized carbons (Fsp3) is 0.375. The summed E-state index contributed by atoms with van der Waals surface area (Å²) in [6, 6.07) is 5.21. The summed E-state index contributed by atoms with van der Waals surface area (Å²) in [5, 5.41) is 0. The Hall–Kier alpha value is -2.05. The Labute approximate surface area is 128 Å². The average molecular weight is 303 g/mol. The molecule has 0 unspecified atom stereocenters. The van der Waals surface area contributed by atoms with Crippen molar-refractivity contribution in [3.8, 4) is 5.75 Å². The Morgan fingerprint density at radius 3 is 3.09 bits per heavy atom. The van der Waals surface area contributed by atoms with Crippen molar-refractivity contribution in [1.82, 2.24) is 14.9 Å². The molecule has 6 heteroatoms. The Balaban J connectivity index is 1.71. The molecule has 0 spiro atoms. The van der Waals surface area contributed by atoms with E-state index < -0.39 is 0 Å². The van der Waals surface area contributed by atoms with E-state index in [1.165, 1.54) is 7.11 Å². The van der Waals surface area contributed by atoms with Crippen LogP contribution in [0.25, 0.3) is 0 Å². The molecule has 1 aliphatic rings. The highest BCUT2D eigenvalue weighted by atomic mass is 19.1. The Morgan fingerprint density at radius 2 is 2.32 bits per heavy atom. The second kappa shape index (κ2) is 6.81. The van der Waals surface area contributed by atoms with Crippen molar-refractivity contribution in [1.29, 1.82) is 0 Å². The maximum absolute atomic E-state index is 14.2. The number of hydrogen-bond donors (Lipinski definition) is 0. The van der Waals surface area contributed by atoms with Crippen LogP contribution in [0, 0.1) is 5.82 Å². The molecule has 0 amide bonds. The number of hydrogen-bond acceptors (Lipinski definition) is 5. The average Bonchev–Trinajstić information content (AvgIpc) is 2.58. The molecule has 1 fully saturated rings. The predicted octanol–water partition coefficient (Wildman–Crippen LogP) is 2.20. The number of benzene rings is 1. The van der Waals surface area contributed by atoms with Gasteiger partial charge in [-0.3, -0.25) is 14.9 Å². The topological polar surface area (TPSA) is 47.5 Å². The van der Waals surface area contributed by atoms with Crippen LogP contribution in [0.4, 0.5) is 4.39 Å². The largest absolute Gasteiger partial charge is 0.494 e. The third kappa shape index (κ3) is 3.23. The maximum Gasteiger partial charge on any atom is 0.169 e. The van der Waals surface area contributed by atoms with E-state index in [-0.39, 0.29) is 17.7 Å². The van der Waals surface area contributed by atoms with Gasteiger partial charge in [0.2, 0.25) is 0 Å². The molecule has 0 bridgehead atoms. The zero-order chi connectivity index (χ0) is 15.4. The molecule has 116 valence electrons. The van der Waals surface area contributed by atoms with Gasteiger partial charge in [-0.05, 0) is 6.07 Å². The van der Waals surface area contributed by atoms with E-state index in [1.807, 2.05) is 0 Å². The quantitative estimate of drug-likeness (QED) is 0.866. The summed E-state index contributed by atoms with van der Waals surface area (Å²) in [5.74, 6) is -0.0243. The zero-order valence-corrected chi connectivity index (χ0v) is 12.4. The number of morpholine rings is 1. The lowest BCUT2D eigenvalue weighted by molar-refractivity contribution is -0.0354. The van der Waals surface area contributed by atoms with Gasteiger partial charge in [0, 0.05) is 37.6 Å². The van der Waals surface area contributed by atoms with Gasteiger partial charge >= 0.3 is 0 Å². The third-order valence-corrected chi connectivity index (χ3v) is 3.72. The molecule has 3 rings (SSSR count). The number of ether oxygens (including phenoxy) is 2. The van der Waals surface area contributed by atoms with Gasteiger partial charge in [0.1, 0.15) is 6.10 Å². The molecular weight excluding hydrogens is 285 g/mol. The molecular formula is C16H18FN3O2. The summed E-state index contributed by atoms with van der Waals surface area (Å²) in [4.78, 5) is 10.5. The fourth-order valence-electron chi connectivity index (χ4n) is 2.58. The van der Waals surface area contributed by atoms with Gasteiger partial charge in [0.05, 0.1) is 25.6 Å². The molecule has 22 heavy (non-hydrogen) atoms. The minimum atomic E-state index is -0.299. The number of rotatable bonds is 4. The second-order valence-corrected chi connectivity index (χ2v) is 5.16. The van der Waals surface area contributed by atoms with E-state index in [2.05, 4.69) is 14.9 Å². The molecule has 1 aromatic carbocycles. The highest BCUT2D eigenvalue weighted by molar-refractivity contribution is 5.31. The highest BCUT2D eigenvalue weighted by Crippen LogP contribution is 2.24. The van der Waals surface area contributed by atoms with Crippen LogP contribution in [0.1, 0.15) is 17.4 Å². The van der Waals surface area contributed by atoms with E-state index >= 15 is 0 Å². The molecule has 1 saturated heterocycles. The summed E-state index contributed by atoms with van der Waals surface area (Å²) in [6.45, 7) is 2.53. The van der Waals surface area contributed by atoms with Gasteiger partial charge in [-0.1, -0.05) is 12.1 Å². The second-order valence-electron chi connectivity index (χ2n) is 5.16. The van der Waals surface area contributed by atoms with Crippen molar-refractivity contribution in [3.05, 3.63) is 53.9 Å². The minimum Gasteiger partial charge on any atom is -0.494 e. The molecule has 5 nitrogen and oxygen atoms in total. The van der Waals surface area contributed by atoms with Crippen molar-refractivity contribution < 1.29 is 13.9 Å². The molecule has 0 aliphatic carbocycles. The van der Waals surface area contributed by atoms with Crippen LogP contribution in [0.5, 0.6) is 5.75 Å². The summed E-state index contributed by atoms with van der Waals surface area (Å²) < 4.78 is 25.0. The van der Waals surface area contributed by atoms with Crippen LogP contribution in [0.2, 0.25) is 0 Å². The van der Waals surface area contributed by atoms with Crippen LogP contribution >= 0.6 is 0 Å². The molecule has 1 aliphatic heterocycles. The number of aromatic nitrogens is 2. The predicted molar refractivity (Wildman–Crippen MR) is 79.0 cm³/mol. The van der Waals surface area contributed by atoms with E-state index in [4.69, 9.17) is 9.47 Å². The van der Waals surface area contributed by atoms with Crippen molar-refractivity contribution in [2.24, 2.45) is 0 Å². The zero-order valence-electron chi connectivity index (χ0n) is 12.4. The Kier molecular flexibility index (Phi) is 4.60. The van der Waals surface area contributed by atoms with Crippen LogP contribution < -0.4 is 4.74 Å². The molecule has 2 heterocycles. The number of methoxy groups -OCH3 is 1. The van der Waals surface area contributed by atoms with Gasteiger partial charge in [0.15, 0.2) is 11.6 Å². The van der Waals surface area contributed by atoms with E-state index in [1.54, 1.807) is 36.8 Å². The standard InChI is InChI=1S/C16H18FN3O2/c1-21-14-4-2-3-12(16(14)17)10-20-7-8-22-15(11-20)13-9-18-5-6-19-13/h2-6,9,15H,7-8,10-11H2,1H3/t15-/m0/s1. The Morgan fingerprint density at radius 1 is 1.41 bits per heavy atom. The summed E-state index contributed by atoms with van der Waals surface area (Å²) in [5.41, 5.74) is 1.43. The lowest BCUT2D eigenvalue weighted by Gasteiger charge is -2.32. The highest BCUT2D eigenvalue weighted by Gasteiger charge is 2.24. The first kappa shape index (κ1) is 14.9. The van der Waals surface area contributed by atoms with Crippen LogP contribution in [0.3, 0.4) is 0 Å². The monoisotopic (exact) mass is 303 g/mol. The van der Waals surface area contributed by atoms with Crippen LogP contribution in [0.15, 0.2) is 36.8 Å². The van der Waals surface area contributed by atoms with E-state index in [0.29, 0.717) is 25.3 Å². The lowest BCUT2D eigenvalue weighted by atomic mass is 10.1.